The summed E-state index contributed by atoms with van der Waals surface area (Å²) in [4.78, 5) is 0. The molecule has 0 amide bonds. The van der Waals surface area contributed by atoms with E-state index in [-0.39, 0.29) is 0 Å². The Hall–Kier alpha value is -0.975. The Kier molecular flexibility index (Phi) is 1.80. The third kappa shape index (κ3) is 1.10. The second-order valence-corrected chi connectivity index (χ2v) is 3.53. The fraction of sp³-hybridized carbons (Fsp3) is 0.273. The molecule has 0 saturated carbocycles. The third-order valence-electron chi connectivity index (χ3n) is 2.34. The molecule has 1 aromatic carbocycles. The molecule has 0 nitrogen and oxygen atoms in total. The van der Waals surface area contributed by atoms with Gasteiger partial charge in [0.05, 0.1) is 0 Å². The number of hydrogen-bond acceptors (Lipinski definition) is 0. The van der Waals surface area contributed by atoms with E-state index in [1.54, 1.807) is 0 Å². The lowest BCUT2D eigenvalue weighted by molar-refractivity contribution is 0.859. The largest absolute Gasteiger partial charge is 0.182 e. The van der Waals surface area contributed by atoms with Crippen molar-refractivity contribution in [3.05, 3.63) is 35.8 Å². The van der Waals surface area contributed by atoms with Crippen molar-refractivity contribution in [3.8, 4) is 0 Å². The van der Waals surface area contributed by atoms with Crippen LogP contribution in [0.25, 0.3) is 5.57 Å². The van der Waals surface area contributed by atoms with E-state index in [4.69, 9.17) is 0 Å². The molecule has 2 rings (SSSR count). The summed E-state index contributed by atoms with van der Waals surface area (Å²) < 4.78 is 0. The second kappa shape index (κ2) is 2.82. The minimum absolute atomic E-state index is 0.630. The highest BCUT2D eigenvalue weighted by Crippen LogP contribution is 2.24. The van der Waals surface area contributed by atoms with Crippen LogP contribution >= 0.6 is 0 Å². The molecule has 0 fully saturated rings. The first kappa shape index (κ1) is 7.66. The van der Waals surface area contributed by atoms with Crippen molar-refractivity contribution in [1.82, 2.24) is 0 Å². The highest BCUT2D eigenvalue weighted by molar-refractivity contribution is 6.63. The Morgan fingerprint density at radius 3 is 2.67 bits per heavy atom. The molecule has 1 radical (unpaired) electrons. The van der Waals surface area contributed by atoms with E-state index < -0.39 is 0 Å². The molecule has 1 aliphatic heterocycles. The van der Waals surface area contributed by atoms with Crippen LogP contribution in [0.15, 0.2) is 30.2 Å². The van der Waals surface area contributed by atoms with Crippen LogP contribution in [0.3, 0.4) is 0 Å². The van der Waals surface area contributed by atoms with Gasteiger partial charge in [0.2, 0.25) is 0 Å². The van der Waals surface area contributed by atoms with E-state index in [0.29, 0.717) is 5.92 Å². The molecule has 0 aliphatic carbocycles. The highest BCUT2D eigenvalue weighted by atomic mass is 14.1. The number of allylic oxidation sites excluding steroid dienone is 1. The van der Waals surface area contributed by atoms with Gasteiger partial charge >= 0.3 is 0 Å². The van der Waals surface area contributed by atoms with Gasteiger partial charge in [-0.3, -0.25) is 0 Å². The van der Waals surface area contributed by atoms with Crippen LogP contribution in [0, 0.1) is 5.92 Å². The maximum Gasteiger partial charge on any atom is 0.182 e. The van der Waals surface area contributed by atoms with E-state index in [1.165, 1.54) is 16.6 Å². The Morgan fingerprint density at radius 2 is 1.92 bits per heavy atom. The summed E-state index contributed by atoms with van der Waals surface area (Å²) in [6.07, 6.45) is 0. The van der Waals surface area contributed by atoms with Crippen LogP contribution in [-0.4, -0.2) is 7.28 Å². The van der Waals surface area contributed by atoms with Gasteiger partial charge in [-0.2, -0.15) is 0 Å². The predicted molar refractivity (Wildman–Crippen MR) is 54.6 cm³/mol. The summed E-state index contributed by atoms with van der Waals surface area (Å²) in [5, 5.41) is 0. The van der Waals surface area contributed by atoms with Crippen LogP contribution in [-0.2, 0) is 0 Å². The molecule has 1 heteroatoms. The molecule has 0 atom stereocenters. The molecule has 1 heterocycles. The number of benzene rings is 1. The predicted octanol–water partition coefficient (Wildman–Crippen LogP) is 2.03. The standard InChI is InChI=1S/C11H12B/c1-8(2)10-7-12-11-6-4-3-5-9(10)11/h3-8H,1-2H3. The fourth-order valence-corrected chi connectivity index (χ4v) is 1.68. The summed E-state index contributed by atoms with van der Waals surface area (Å²) >= 11 is 0. The molecular formula is C11H12B. The van der Waals surface area contributed by atoms with Crippen molar-refractivity contribution < 1.29 is 0 Å². The van der Waals surface area contributed by atoms with Crippen LogP contribution in [0.4, 0.5) is 0 Å². The van der Waals surface area contributed by atoms with Crippen molar-refractivity contribution in [1.29, 1.82) is 0 Å². The van der Waals surface area contributed by atoms with Gasteiger partial charge < -0.3 is 0 Å². The first-order chi connectivity index (χ1) is 5.79. The van der Waals surface area contributed by atoms with Gasteiger partial charge in [-0.25, -0.2) is 0 Å². The smallest absolute Gasteiger partial charge is 0.112 e. The van der Waals surface area contributed by atoms with Gasteiger partial charge in [0.25, 0.3) is 0 Å². The normalized spacial score (nSPS) is 14.1. The van der Waals surface area contributed by atoms with Crippen LogP contribution in [0.5, 0.6) is 0 Å². The van der Waals surface area contributed by atoms with Crippen molar-refractivity contribution in [2.75, 3.05) is 0 Å². The molecule has 59 valence electrons. The van der Waals surface area contributed by atoms with Crippen LogP contribution in [0.1, 0.15) is 19.4 Å². The number of hydrogen-bond donors (Lipinski definition) is 0. The lowest BCUT2D eigenvalue weighted by Gasteiger charge is -2.08. The molecule has 0 N–H and O–H groups in total. The molecule has 0 saturated heterocycles. The maximum absolute atomic E-state index is 2.24. The van der Waals surface area contributed by atoms with Gasteiger partial charge in [0.15, 0.2) is 7.28 Å². The lowest BCUT2D eigenvalue weighted by atomic mass is 9.73. The summed E-state index contributed by atoms with van der Waals surface area (Å²) in [5.74, 6) is 2.86. The molecule has 0 spiro atoms. The molecule has 1 aliphatic rings. The monoisotopic (exact) mass is 155 g/mol. The molecule has 0 aromatic heterocycles. The zero-order chi connectivity index (χ0) is 8.55. The highest BCUT2D eigenvalue weighted by Gasteiger charge is 2.15. The minimum Gasteiger partial charge on any atom is -0.112 e. The van der Waals surface area contributed by atoms with Crippen molar-refractivity contribution in [2.45, 2.75) is 13.8 Å². The molecule has 1 aromatic rings. The lowest BCUT2D eigenvalue weighted by Crippen LogP contribution is -2.10. The summed E-state index contributed by atoms with van der Waals surface area (Å²) in [7, 11) is 2.20. The van der Waals surface area contributed by atoms with Crippen molar-refractivity contribution in [2.24, 2.45) is 5.92 Å². The minimum atomic E-state index is 0.630. The first-order valence-corrected chi connectivity index (χ1v) is 4.43. The Bertz CT molecular complexity index is 324. The molecular weight excluding hydrogens is 143 g/mol. The Labute approximate surface area is 74.5 Å². The molecule has 0 unspecified atom stereocenters. The zero-order valence-electron chi connectivity index (χ0n) is 7.54. The van der Waals surface area contributed by atoms with Gasteiger partial charge in [0.1, 0.15) is 0 Å². The summed E-state index contributed by atoms with van der Waals surface area (Å²) in [6, 6.07) is 8.56. The Morgan fingerprint density at radius 1 is 1.17 bits per heavy atom. The Balaban J connectivity index is 2.45. The zero-order valence-corrected chi connectivity index (χ0v) is 7.54. The molecule has 12 heavy (non-hydrogen) atoms. The second-order valence-electron chi connectivity index (χ2n) is 3.53. The van der Waals surface area contributed by atoms with Gasteiger partial charge in [-0.05, 0) is 11.5 Å². The van der Waals surface area contributed by atoms with Gasteiger partial charge in [0, 0.05) is 0 Å². The SMILES string of the molecule is CC(C)C1=C[B]c2ccccc21. The van der Waals surface area contributed by atoms with Crippen molar-refractivity contribution >= 4 is 18.3 Å². The average molecular weight is 155 g/mol. The van der Waals surface area contributed by atoms with E-state index >= 15 is 0 Å². The van der Waals surface area contributed by atoms with Gasteiger partial charge in [-0.1, -0.05) is 49.1 Å². The number of fused-ring (bicyclic) bond motifs is 1. The first-order valence-electron chi connectivity index (χ1n) is 4.43. The van der Waals surface area contributed by atoms with E-state index in [0.717, 1.165) is 0 Å². The topological polar surface area (TPSA) is 0 Å². The fourth-order valence-electron chi connectivity index (χ4n) is 1.68. The van der Waals surface area contributed by atoms with Crippen LogP contribution in [0.2, 0.25) is 0 Å². The van der Waals surface area contributed by atoms with E-state index in [1.807, 2.05) is 0 Å². The van der Waals surface area contributed by atoms with Crippen molar-refractivity contribution in [3.63, 3.8) is 0 Å². The quantitative estimate of drug-likeness (QED) is 0.544. The third-order valence-corrected chi connectivity index (χ3v) is 2.34. The maximum atomic E-state index is 2.24. The van der Waals surface area contributed by atoms with Gasteiger partial charge in [-0.15, -0.1) is 5.98 Å². The van der Waals surface area contributed by atoms with E-state index in [2.05, 4.69) is 51.4 Å². The summed E-state index contributed by atoms with van der Waals surface area (Å²) in [5.41, 5.74) is 4.24. The van der Waals surface area contributed by atoms with E-state index in [9.17, 15) is 0 Å². The molecule has 0 bridgehead atoms. The summed E-state index contributed by atoms with van der Waals surface area (Å²) in [6.45, 7) is 4.48. The number of rotatable bonds is 1. The average Bonchev–Trinajstić information content (AvgIpc) is 2.47. The van der Waals surface area contributed by atoms with Crippen LogP contribution < -0.4 is 5.46 Å².